The molecule has 0 aromatic rings. The zero-order valence-electron chi connectivity index (χ0n) is 28.0. The van der Waals surface area contributed by atoms with Gasteiger partial charge in [-0.3, -0.25) is 4.79 Å². The molecular weight excluding hydrogens is 546 g/mol. The first-order valence-electron chi connectivity index (χ1n) is 16.5. The van der Waals surface area contributed by atoms with Crippen LogP contribution in [0.1, 0.15) is 156 Å². The van der Waals surface area contributed by atoms with Crippen molar-refractivity contribution in [3.05, 3.63) is 12.7 Å². The van der Waals surface area contributed by atoms with Crippen molar-refractivity contribution in [1.82, 2.24) is 15.1 Å². The SMILES string of the molecule is Br.C=CC(=O)NCCC.CCCCCCCCCCCCN(C)C.CCCCCCCCCCCCN(C)C. The second-order valence-electron chi connectivity index (χ2n) is 11.5. The molecule has 0 aliphatic rings. The van der Waals surface area contributed by atoms with Crippen LogP contribution >= 0.6 is 17.0 Å². The lowest BCUT2D eigenvalue weighted by molar-refractivity contribution is -0.116. The molecule has 0 saturated carbocycles. The van der Waals surface area contributed by atoms with Crippen LogP contribution in [0.2, 0.25) is 0 Å². The third-order valence-corrected chi connectivity index (χ3v) is 6.65. The van der Waals surface area contributed by atoms with Crippen LogP contribution in [-0.4, -0.2) is 63.5 Å². The van der Waals surface area contributed by atoms with Gasteiger partial charge in [0.1, 0.15) is 0 Å². The minimum Gasteiger partial charge on any atom is -0.353 e. The van der Waals surface area contributed by atoms with E-state index >= 15 is 0 Å². The minimum absolute atomic E-state index is 0. The van der Waals surface area contributed by atoms with Crippen LogP contribution in [-0.2, 0) is 4.79 Å². The first-order valence-corrected chi connectivity index (χ1v) is 16.5. The van der Waals surface area contributed by atoms with Gasteiger partial charge >= 0.3 is 0 Å². The predicted octanol–water partition coefficient (Wildman–Crippen LogP) is 10.2. The molecular formula is C34H74BrN3O. The number of nitrogens with one attached hydrogen (secondary N) is 1. The second kappa shape index (κ2) is 42.1. The van der Waals surface area contributed by atoms with Crippen LogP contribution in [0.15, 0.2) is 12.7 Å². The number of hydrogen-bond donors (Lipinski definition) is 1. The molecule has 0 aliphatic heterocycles. The Hall–Kier alpha value is -0.390. The summed E-state index contributed by atoms with van der Waals surface area (Å²) in [4.78, 5) is 14.9. The van der Waals surface area contributed by atoms with Gasteiger partial charge < -0.3 is 15.1 Å². The van der Waals surface area contributed by atoms with Gasteiger partial charge in [0, 0.05) is 6.54 Å². The van der Waals surface area contributed by atoms with Gasteiger partial charge in [-0.05, 0) is 66.6 Å². The van der Waals surface area contributed by atoms with Crippen molar-refractivity contribution in [2.75, 3.05) is 47.8 Å². The van der Waals surface area contributed by atoms with Gasteiger partial charge in [0.2, 0.25) is 5.91 Å². The zero-order valence-corrected chi connectivity index (χ0v) is 29.7. The summed E-state index contributed by atoms with van der Waals surface area (Å²) in [5, 5.41) is 2.62. The number of unbranched alkanes of at least 4 members (excludes halogenated alkanes) is 18. The fourth-order valence-electron chi connectivity index (χ4n) is 4.15. The predicted molar refractivity (Wildman–Crippen MR) is 185 cm³/mol. The smallest absolute Gasteiger partial charge is 0.243 e. The number of halogens is 1. The normalized spacial score (nSPS) is 10.3. The van der Waals surface area contributed by atoms with E-state index in [-0.39, 0.29) is 22.9 Å². The summed E-state index contributed by atoms with van der Waals surface area (Å²) in [6.07, 6.45) is 31.0. The number of carbonyl (C=O) groups is 1. The Morgan fingerprint density at radius 1 is 0.538 bits per heavy atom. The highest BCUT2D eigenvalue weighted by Crippen LogP contribution is 2.11. The molecule has 0 aromatic carbocycles. The average molecular weight is 621 g/mol. The molecule has 39 heavy (non-hydrogen) atoms. The Kier molecular flexibility index (Phi) is 49.2. The van der Waals surface area contributed by atoms with Crippen molar-refractivity contribution in [1.29, 1.82) is 0 Å². The fourth-order valence-corrected chi connectivity index (χ4v) is 4.15. The lowest BCUT2D eigenvalue weighted by atomic mass is 10.1. The highest BCUT2D eigenvalue weighted by Gasteiger charge is 1.94. The third-order valence-electron chi connectivity index (χ3n) is 6.65. The van der Waals surface area contributed by atoms with Crippen molar-refractivity contribution in [2.24, 2.45) is 0 Å². The van der Waals surface area contributed by atoms with E-state index in [0.717, 1.165) is 13.0 Å². The zero-order chi connectivity index (χ0) is 29.1. The molecule has 0 unspecified atom stereocenters. The summed E-state index contributed by atoms with van der Waals surface area (Å²) in [5.41, 5.74) is 0. The summed E-state index contributed by atoms with van der Waals surface area (Å²) in [5.74, 6) is -0.0909. The van der Waals surface area contributed by atoms with Crippen LogP contribution < -0.4 is 5.32 Å². The quantitative estimate of drug-likeness (QED) is 0.0815. The number of rotatable bonds is 25. The molecule has 1 N–H and O–H groups in total. The van der Waals surface area contributed by atoms with Gasteiger partial charge in [0.25, 0.3) is 0 Å². The summed E-state index contributed by atoms with van der Waals surface area (Å²) in [6, 6.07) is 0. The largest absolute Gasteiger partial charge is 0.353 e. The van der Waals surface area contributed by atoms with Crippen LogP contribution in [0.5, 0.6) is 0 Å². The molecule has 0 spiro atoms. The number of carbonyl (C=O) groups excluding carboxylic acids is 1. The van der Waals surface area contributed by atoms with Crippen LogP contribution in [0.25, 0.3) is 0 Å². The van der Waals surface area contributed by atoms with Gasteiger partial charge in [-0.2, -0.15) is 0 Å². The van der Waals surface area contributed by atoms with Gasteiger partial charge in [0.15, 0.2) is 0 Å². The Bertz CT molecular complexity index is 416. The molecule has 0 aromatic heterocycles. The summed E-state index contributed by atoms with van der Waals surface area (Å²) < 4.78 is 0. The van der Waals surface area contributed by atoms with Crippen LogP contribution in [0.4, 0.5) is 0 Å². The van der Waals surface area contributed by atoms with Crippen LogP contribution in [0.3, 0.4) is 0 Å². The maximum Gasteiger partial charge on any atom is 0.243 e. The van der Waals surface area contributed by atoms with E-state index in [0.29, 0.717) is 0 Å². The van der Waals surface area contributed by atoms with E-state index in [1.54, 1.807) is 0 Å². The van der Waals surface area contributed by atoms with Gasteiger partial charge in [-0.1, -0.05) is 143 Å². The van der Waals surface area contributed by atoms with E-state index in [4.69, 9.17) is 0 Å². The molecule has 0 fully saturated rings. The van der Waals surface area contributed by atoms with E-state index in [1.165, 1.54) is 148 Å². The Morgan fingerprint density at radius 2 is 0.821 bits per heavy atom. The van der Waals surface area contributed by atoms with Gasteiger partial charge in [-0.25, -0.2) is 0 Å². The van der Waals surface area contributed by atoms with Crippen molar-refractivity contribution in [3.8, 4) is 0 Å². The maximum atomic E-state index is 10.3. The molecule has 5 heteroatoms. The third kappa shape index (κ3) is 54.4. The molecule has 238 valence electrons. The second-order valence-corrected chi connectivity index (χ2v) is 11.5. The van der Waals surface area contributed by atoms with E-state index in [2.05, 4.69) is 63.7 Å². The number of nitrogens with zero attached hydrogens (tertiary/aromatic N) is 2. The van der Waals surface area contributed by atoms with Crippen molar-refractivity contribution >= 4 is 22.9 Å². The van der Waals surface area contributed by atoms with Crippen molar-refractivity contribution < 1.29 is 4.79 Å². The highest BCUT2D eigenvalue weighted by molar-refractivity contribution is 8.93. The Morgan fingerprint density at radius 3 is 1.05 bits per heavy atom. The standard InChI is InChI=1S/2C14H31N.C6H11NO.BrH/c2*1-4-5-6-7-8-9-10-11-12-13-14-15(2)3;1-3-5-7-6(8)4-2;/h2*4-14H2,1-3H3;4H,2-3,5H2,1H3,(H,7,8);1H. The van der Waals surface area contributed by atoms with E-state index in [9.17, 15) is 4.79 Å². The summed E-state index contributed by atoms with van der Waals surface area (Å²) in [7, 11) is 8.64. The summed E-state index contributed by atoms with van der Waals surface area (Å²) in [6.45, 7) is 13.1. The Labute approximate surface area is 258 Å². The highest BCUT2D eigenvalue weighted by atomic mass is 79.9. The molecule has 4 nitrogen and oxygen atoms in total. The van der Waals surface area contributed by atoms with Gasteiger partial charge in [-0.15, -0.1) is 17.0 Å². The molecule has 0 saturated heterocycles. The molecule has 0 heterocycles. The molecule has 0 atom stereocenters. The van der Waals surface area contributed by atoms with Crippen molar-refractivity contribution in [2.45, 2.75) is 156 Å². The lowest BCUT2D eigenvalue weighted by Crippen LogP contribution is -2.20. The molecule has 0 rings (SSSR count). The molecule has 1 amide bonds. The number of hydrogen-bond acceptors (Lipinski definition) is 3. The topological polar surface area (TPSA) is 35.6 Å². The minimum atomic E-state index is -0.0909. The lowest BCUT2D eigenvalue weighted by Gasteiger charge is -2.08. The first kappa shape index (κ1) is 45.6. The maximum absolute atomic E-state index is 10.3. The molecule has 0 aliphatic carbocycles. The van der Waals surface area contributed by atoms with E-state index in [1.807, 2.05) is 6.92 Å². The van der Waals surface area contributed by atoms with E-state index < -0.39 is 0 Å². The Balaban J connectivity index is -0.000000244. The summed E-state index contributed by atoms with van der Waals surface area (Å²) >= 11 is 0. The number of amides is 1. The fraction of sp³-hybridized carbons (Fsp3) is 0.912. The molecule has 0 radical (unpaired) electrons. The van der Waals surface area contributed by atoms with Crippen LogP contribution in [0, 0.1) is 0 Å². The van der Waals surface area contributed by atoms with Crippen molar-refractivity contribution in [3.63, 3.8) is 0 Å². The average Bonchev–Trinajstić information content (AvgIpc) is 2.90. The molecule has 0 bridgehead atoms. The van der Waals surface area contributed by atoms with Gasteiger partial charge in [0.05, 0.1) is 0 Å². The monoisotopic (exact) mass is 620 g/mol. The first-order chi connectivity index (χ1) is 18.3.